The summed E-state index contributed by atoms with van der Waals surface area (Å²) in [6.07, 6.45) is 4.92. The molecule has 1 N–H and O–H groups in total. The minimum Gasteiger partial charge on any atom is -0.496 e. The fraction of sp³-hybridized carbons (Fsp3) is 0.381. The highest BCUT2D eigenvalue weighted by Crippen LogP contribution is 2.26. The van der Waals surface area contributed by atoms with E-state index in [4.69, 9.17) is 21.1 Å². The van der Waals surface area contributed by atoms with Crippen LogP contribution in [0.25, 0.3) is 0 Å². The molecule has 0 spiro atoms. The number of aromatic nitrogens is 1. The van der Waals surface area contributed by atoms with Gasteiger partial charge in [0.2, 0.25) is 10.0 Å². The van der Waals surface area contributed by atoms with Crippen LogP contribution in [0, 0.1) is 0 Å². The molecule has 32 heavy (non-hydrogen) atoms. The molecule has 0 atom stereocenters. The fourth-order valence-corrected chi connectivity index (χ4v) is 4.93. The van der Waals surface area contributed by atoms with Crippen molar-refractivity contribution in [3.05, 3.63) is 47.1 Å². The maximum atomic E-state index is 13.1. The SMILES string of the molecule is COc1ccc(S(=O)(=O)N2CCCCCC2)cc1C(=O)OCC(=O)Nc1ccc(Cl)cn1. The summed E-state index contributed by atoms with van der Waals surface area (Å²) in [5.74, 6) is -1.10. The average Bonchev–Trinajstić information content (AvgIpc) is 3.09. The van der Waals surface area contributed by atoms with E-state index in [1.807, 2.05) is 0 Å². The Balaban J connectivity index is 1.72. The van der Waals surface area contributed by atoms with E-state index >= 15 is 0 Å². The predicted molar refractivity (Wildman–Crippen MR) is 118 cm³/mol. The summed E-state index contributed by atoms with van der Waals surface area (Å²) in [5, 5.41) is 2.88. The minimum absolute atomic E-state index is 0.0260. The van der Waals surface area contributed by atoms with Crippen LogP contribution in [0.1, 0.15) is 36.0 Å². The molecular formula is C21H24ClN3O6S. The second-order valence-corrected chi connectivity index (χ2v) is 9.54. The number of sulfonamides is 1. The third-order valence-corrected chi connectivity index (χ3v) is 7.04. The summed E-state index contributed by atoms with van der Waals surface area (Å²) in [6, 6.07) is 7.08. The lowest BCUT2D eigenvalue weighted by molar-refractivity contribution is -0.119. The van der Waals surface area contributed by atoms with Gasteiger partial charge >= 0.3 is 5.97 Å². The molecule has 1 aromatic carbocycles. The van der Waals surface area contributed by atoms with Crippen LogP contribution in [0.2, 0.25) is 5.02 Å². The van der Waals surface area contributed by atoms with Crippen molar-refractivity contribution in [3.8, 4) is 5.75 Å². The van der Waals surface area contributed by atoms with Gasteiger partial charge in [0.1, 0.15) is 17.1 Å². The molecule has 0 unspecified atom stereocenters. The number of hydrogen-bond acceptors (Lipinski definition) is 7. The minimum atomic E-state index is -3.77. The quantitative estimate of drug-likeness (QED) is 0.604. The number of carbonyl (C=O) groups excluding carboxylic acids is 2. The van der Waals surface area contributed by atoms with E-state index in [9.17, 15) is 18.0 Å². The monoisotopic (exact) mass is 481 g/mol. The summed E-state index contributed by atoms with van der Waals surface area (Å²) in [4.78, 5) is 28.6. The highest BCUT2D eigenvalue weighted by molar-refractivity contribution is 7.89. The topological polar surface area (TPSA) is 115 Å². The maximum absolute atomic E-state index is 13.1. The number of esters is 1. The molecule has 1 fully saturated rings. The van der Waals surface area contributed by atoms with E-state index in [0.717, 1.165) is 25.7 Å². The summed E-state index contributed by atoms with van der Waals surface area (Å²) < 4.78 is 37.8. The Morgan fingerprint density at radius 1 is 1.12 bits per heavy atom. The number of amides is 1. The van der Waals surface area contributed by atoms with Gasteiger partial charge in [-0.3, -0.25) is 4.79 Å². The van der Waals surface area contributed by atoms with Crippen molar-refractivity contribution in [3.63, 3.8) is 0 Å². The van der Waals surface area contributed by atoms with Crippen LogP contribution < -0.4 is 10.1 Å². The van der Waals surface area contributed by atoms with E-state index < -0.39 is 28.5 Å². The largest absolute Gasteiger partial charge is 0.496 e. The zero-order chi connectivity index (χ0) is 23.1. The first-order chi connectivity index (χ1) is 15.3. The lowest BCUT2D eigenvalue weighted by Crippen LogP contribution is -2.32. The maximum Gasteiger partial charge on any atom is 0.342 e. The average molecular weight is 482 g/mol. The third kappa shape index (κ3) is 5.96. The summed E-state index contributed by atoms with van der Waals surface area (Å²) >= 11 is 5.75. The van der Waals surface area contributed by atoms with Gasteiger partial charge in [0, 0.05) is 19.3 Å². The third-order valence-electron chi connectivity index (χ3n) is 4.92. The molecule has 9 nitrogen and oxygen atoms in total. The van der Waals surface area contributed by atoms with Crippen LogP contribution in [-0.4, -0.2) is 56.4 Å². The van der Waals surface area contributed by atoms with Gasteiger partial charge in [-0.25, -0.2) is 18.2 Å². The van der Waals surface area contributed by atoms with Crippen LogP contribution in [0.5, 0.6) is 5.75 Å². The molecule has 0 aliphatic carbocycles. The number of methoxy groups -OCH3 is 1. The highest BCUT2D eigenvalue weighted by atomic mass is 35.5. The Morgan fingerprint density at radius 2 is 1.84 bits per heavy atom. The Bertz CT molecular complexity index is 1070. The van der Waals surface area contributed by atoms with E-state index in [1.54, 1.807) is 6.07 Å². The van der Waals surface area contributed by atoms with E-state index in [2.05, 4.69) is 10.3 Å². The number of nitrogens with one attached hydrogen (secondary N) is 1. The first-order valence-electron chi connectivity index (χ1n) is 10.1. The van der Waals surface area contributed by atoms with E-state index in [0.29, 0.717) is 18.1 Å². The van der Waals surface area contributed by atoms with Gasteiger partial charge in [0.25, 0.3) is 5.91 Å². The lowest BCUT2D eigenvalue weighted by Gasteiger charge is -2.20. The molecule has 2 heterocycles. The molecular weight excluding hydrogens is 458 g/mol. The molecule has 1 amide bonds. The number of anilines is 1. The second-order valence-electron chi connectivity index (χ2n) is 7.17. The van der Waals surface area contributed by atoms with Crippen molar-refractivity contribution in [2.75, 3.05) is 32.1 Å². The summed E-state index contributed by atoms with van der Waals surface area (Å²) in [7, 11) is -2.42. The van der Waals surface area contributed by atoms with Crippen molar-refractivity contribution in [1.29, 1.82) is 0 Å². The highest BCUT2D eigenvalue weighted by Gasteiger charge is 2.27. The molecule has 2 aromatic rings. The second kappa shape index (κ2) is 10.8. The molecule has 0 saturated carbocycles. The number of benzene rings is 1. The zero-order valence-electron chi connectivity index (χ0n) is 17.5. The van der Waals surface area contributed by atoms with Crippen molar-refractivity contribution < 1.29 is 27.5 Å². The zero-order valence-corrected chi connectivity index (χ0v) is 19.1. The molecule has 0 bridgehead atoms. The molecule has 1 saturated heterocycles. The predicted octanol–water partition coefficient (Wildman–Crippen LogP) is 3.10. The summed E-state index contributed by atoms with van der Waals surface area (Å²) in [5.41, 5.74) is -0.0826. The van der Waals surface area contributed by atoms with Crippen LogP contribution in [0.4, 0.5) is 5.82 Å². The van der Waals surface area contributed by atoms with E-state index in [1.165, 1.54) is 41.9 Å². The number of ether oxygens (including phenoxy) is 2. The smallest absolute Gasteiger partial charge is 0.342 e. The van der Waals surface area contributed by atoms with Gasteiger partial charge in [0.05, 0.1) is 17.0 Å². The normalized spacial score (nSPS) is 14.9. The lowest BCUT2D eigenvalue weighted by atomic mass is 10.2. The van der Waals surface area contributed by atoms with Crippen molar-refractivity contribution >= 4 is 39.3 Å². The molecule has 3 rings (SSSR count). The number of rotatable bonds is 7. The molecule has 1 aliphatic heterocycles. The van der Waals surface area contributed by atoms with Crippen LogP contribution in [-0.2, 0) is 19.6 Å². The number of halogens is 1. The van der Waals surface area contributed by atoms with Crippen LogP contribution in [0.15, 0.2) is 41.4 Å². The van der Waals surface area contributed by atoms with Gasteiger partial charge in [-0.1, -0.05) is 24.4 Å². The van der Waals surface area contributed by atoms with Gasteiger partial charge in [-0.05, 0) is 43.2 Å². The van der Waals surface area contributed by atoms with Crippen LogP contribution >= 0.6 is 11.6 Å². The molecule has 11 heteroatoms. The molecule has 1 aromatic heterocycles. The number of hydrogen-bond donors (Lipinski definition) is 1. The Kier molecular flexibility index (Phi) is 8.05. The van der Waals surface area contributed by atoms with Gasteiger partial charge in [-0.15, -0.1) is 0 Å². The van der Waals surface area contributed by atoms with Gasteiger partial charge in [0.15, 0.2) is 6.61 Å². The fourth-order valence-electron chi connectivity index (χ4n) is 3.28. The first-order valence-corrected chi connectivity index (χ1v) is 11.9. The van der Waals surface area contributed by atoms with Gasteiger partial charge in [-0.2, -0.15) is 4.31 Å². The Morgan fingerprint density at radius 3 is 2.47 bits per heavy atom. The van der Waals surface area contributed by atoms with Gasteiger partial charge < -0.3 is 14.8 Å². The van der Waals surface area contributed by atoms with Crippen LogP contribution in [0.3, 0.4) is 0 Å². The summed E-state index contributed by atoms with van der Waals surface area (Å²) in [6.45, 7) is 0.287. The van der Waals surface area contributed by atoms with E-state index in [-0.39, 0.29) is 22.0 Å². The Hall–Kier alpha value is -2.69. The van der Waals surface area contributed by atoms with Crippen molar-refractivity contribution in [2.24, 2.45) is 0 Å². The Labute approximate surface area is 191 Å². The standard InChI is InChI=1S/C21H24ClN3O6S/c1-30-18-8-7-16(32(28,29)25-10-4-2-3-5-11-25)12-17(18)21(27)31-14-20(26)24-19-9-6-15(22)13-23-19/h6-9,12-13H,2-5,10-11,14H2,1H3,(H,23,24,26). The number of nitrogens with zero attached hydrogens (tertiary/aromatic N) is 2. The number of pyridine rings is 1. The molecule has 0 radical (unpaired) electrons. The number of carbonyl (C=O) groups is 2. The molecule has 1 aliphatic rings. The first kappa shape index (κ1) is 24.0. The molecule has 172 valence electrons. The van der Waals surface area contributed by atoms with Crippen molar-refractivity contribution in [1.82, 2.24) is 9.29 Å². The van der Waals surface area contributed by atoms with Crippen molar-refractivity contribution in [2.45, 2.75) is 30.6 Å².